The molecule has 2 N–H and O–H groups in total. The maximum absolute atomic E-state index is 12.3. The zero-order chi connectivity index (χ0) is 16.7. The van der Waals surface area contributed by atoms with Gasteiger partial charge in [-0.2, -0.15) is 0 Å². The Morgan fingerprint density at radius 1 is 1.22 bits per heavy atom. The van der Waals surface area contributed by atoms with Gasteiger partial charge in [0.1, 0.15) is 5.75 Å². The zero-order valence-electron chi connectivity index (χ0n) is 13.5. The number of carbonyl (C=O) groups excluding carboxylic acids is 1. The number of rotatable bonds is 4. The van der Waals surface area contributed by atoms with Gasteiger partial charge in [0.05, 0.1) is 5.56 Å². The van der Waals surface area contributed by atoms with Crippen molar-refractivity contribution in [2.24, 2.45) is 0 Å². The van der Waals surface area contributed by atoms with E-state index in [4.69, 9.17) is 0 Å². The number of hydrogen-bond acceptors (Lipinski definition) is 2. The third kappa shape index (κ3) is 4.62. The van der Waals surface area contributed by atoms with Crippen LogP contribution in [0.25, 0.3) is 0 Å². The second-order valence-corrected chi connectivity index (χ2v) is 5.41. The highest BCUT2D eigenvalue weighted by molar-refractivity contribution is 6.04. The highest BCUT2D eigenvalue weighted by Crippen LogP contribution is 2.25. The SMILES string of the molecule is CCCCC#Cc1cc(NC(=O)c2ccccc2)c(C)cc1O. The lowest BCUT2D eigenvalue weighted by Crippen LogP contribution is -2.12. The Labute approximate surface area is 137 Å². The Balaban J connectivity index is 2.21. The van der Waals surface area contributed by atoms with E-state index in [1.54, 1.807) is 24.3 Å². The normalized spacial score (nSPS) is 9.83. The van der Waals surface area contributed by atoms with Gasteiger partial charge in [0.25, 0.3) is 5.91 Å². The minimum atomic E-state index is -0.177. The number of phenols is 1. The van der Waals surface area contributed by atoms with Crippen molar-refractivity contribution in [3.8, 4) is 17.6 Å². The van der Waals surface area contributed by atoms with Gasteiger partial charge in [0.2, 0.25) is 0 Å². The van der Waals surface area contributed by atoms with Crippen LogP contribution in [0.15, 0.2) is 42.5 Å². The summed E-state index contributed by atoms with van der Waals surface area (Å²) in [6.45, 7) is 3.96. The van der Waals surface area contributed by atoms with E-state index in [-0.39, 0.29) is 11.7 Å². The van der Waals surface area contributed by atoms with Gasteiger partial charge in [-0.25, -0.2) is 0 Å². The first-order chi connectivity index (χ1) is 11.1. The fourth-order valence-corrected chi connectivity index (χ4v) is 2.13. The van der Waals surface area contributed by atoms with Crippen molar-refractivity contribution in [1.82, 2.24) is 0 Å². The molecule has 0 spiro atoms. The molecule has 23 heavy (non-hydrogen) atoms. The number of carbonyl (C=O) groups is 1. The Morgan fingerprint density at radius 3 is 2.65 bits per heavy atom. The Hall–Kier alpha value is -2.73. The fourth-order valence-electron chi connectivity index (χ4n) is 2.13. The predicted molar refractivity (Wildman–Crippen MR) is 93.6 cm³/mol. The van der Waals surface area contributed by atoms with Gasteiger partial charge < -0.3 is 10.4 Å². The van der Waals surface area contributed by atoms with E-state index in [1.165, 1.54) is 0 Å². The summed E-state index contributed by atoms with van der Waals surface area (Å²) < 4.78 is 0. The van der Waals surface area contributed by atoms with Gasteiger partial charge in [-0.3, -0.25) is 4.79 Å². The molecule has 0 saturated heterocycles. The monoisotopic (exact) mass is 307 g/mol. The molecule has 0 bridgehead atoms. The molecule has 0 unspecified atom stereocenters. The van der Waals surface area contributed by atoms with Crippen molar-refractivity contribution >= 4 is 11.6 Å². The second kappa shape index (κ2) is 8.05. The molecule has 0 aliphatic rings. The van der Waals surface area contributed by atoms with E-state index in [0.29, 0.717) is 16.8 Å². The molecule has 118 valence electrons. The zero-order valence-corrected chi connectivity index (χ0v) is 13.5. The third-order valence-electron chi connectivity index (χ3n) is 3.51. The lowest BCUT2D eigenvalue weighted by molar-refractivity contribution is 0.102. The van der Waals surface area contributed by atoms with Crippen LogP contribution in [0.4, 0.5) is 5.69 Å². The van der Waals surface area contributed by atoms with Crippen LogP contribution in [0.3, 0.4) is 0 Å². The van der Waals surface area contributed by atoms with Crippen LogP contribution in [0.1, 0.15) is 47.7 Å². The van der Waals surface area contributed by atoms with E-state index in [1.807, 2.05) is 25.1 Å². The minimum Gasteiger partial charge on any atom is -0.507 e. The highest BCUT2D eigenvalue weighted by Gasteiger charge is 2.10. The lowest BCUT2D eigenvalue weighted by atomic mass is 10.1. The Bertz CT molecular complexity index is 739. The summed E-state index contributed by atoms with van der Waals surface area (Å²) in [6.07, 6.45) is 2.93. The number of amides is 1. The van der Waals surface area contributed by atoms with E-state index < -0.39 is 0 Å². The Morgan fingerprint density at radius 2 is 1.96 bits per heavy atom. The van der Waals surface area contributed by atoms with Crippen molar-refractivity contribution in [3.05, 3.63) is 59.2 Å². The molecule has 0 radical (unpaired) electrons. The van der Waals surface area contributed by atoms with Crippen molar-refractivity contribution < 1.29 is 9.90 Å². The van der Waals surface area contributed by atoms with Crippen molar-refractivity contribution in [2.45, 2.75) is 33.1 Å². The highest BCUT2D eigenvalue weighted by atomic mass is 16.3. The molecule has 0 fully saturated rings. The first kappa shape index (κ1) is 16.6. The van der Waals surface area contributed by atoms with Gasteiger partial charge in [-0.15, -0.1) is 0 Å². The molecule has 0 atom stereocenters. The van der Waals surface area contributed by atoms with Gasteiger partial charge in [-0.1, -0.05) is 43.4 Å². The van der Waals surface area contributed by atoms with Crippen molar-refractivity contribution in [1.29, 1.82) is 0 Å². The number of aryl methyl sites for hydroxylation is 1. The average molecular weight is 307 g/mol. The molecule has 0 heterocycles. The number of phenolic OH excluding ortho intramolecular Hbond substituents is 1. The third-order valence-corrected chi connectivity index (χ3v) is 3.51. The first-order valence-electron chi connectivity index (χ1n) is 7.80. The second-order valence-electron chi connectivity index (χ2n) is 5.41. The van der Waals surface area contributed by atoms with E-state index in [9.17, 15) is 9.90 Å². The quantitative estimate of drug-likeness (QED) is 0.496. The molecule has 3 heteroatoms. The van der Waals surface area contributed by atoms with Gasteiger partial charge >= 0.3 is 0 Å². The maximum Gasteiger partial charge on any atom is 0.255 e. The summed E-state index contributed by atoms with van der Waals surface area (Å²) >= 11 is 0. The maximum atomic E-state index is 12.3. The van der Waals surface area contributed by atoms with Crippen molar-refractivity contribution in [2.75, 3.05) is 5.32 Å². The van der Waals surface area contributed by atoms with Crippen molar-refractivity contribution in [3.63, 3.8) is 0 Å². The summed E-state index contributed by atoms with van der Waals surface area (Å²) in [5.74, 6) is 6.00. The van der Waals surface area contributed by atoms with Crippen LogP contribution < -0.4 is 5.32 Å². The molecule has 2 aromatic rings. The predicted octanol–water partition coefficient (Wildman–Crippen LogP) is 4.49. The van der Waals surface area contributed by atoms with Crippen LogP contribution in [-0.4, -0.2) is 11.0 Å². The van der Waals surface area contributed by atoms with Crippen LogP contribution in [0, 0.1) is 18.8 Å². The van der Waals surface area contributed by atoms with Crippen LogP contribution in [-0.2, 0) is 0 Å². The molecule has 2 aromatic carbocycles. The molecular formula is C20H21NO2. The molecule has 0 aliphatic carbocycles. The molecule has 3 nitrogen and oxygen atoms in total. The number of benzene rings is 2. The number of anilines is 1. The molecule has 2 rings (SSSR count). The molecule has 0 aliphatic heterocycles. The van der Waals surface area contributed by atoms with Crippen LogP contribution in [0.5, 0.6) is 5.75 Å². The summed E-state index contributed by atoms with van der Waals surface area (Å²) in [6, 6.07) is 12.4. The van der Waals surface area contributed by atoms with Crippen LogP contribution in [0.2, 0.25) is 0 Å². The Kier molecular flexibility index (Phi) is 5.82. The van der Waals surface area contributed by atoms with E-state index in [0.717, 1.165) is 24.8 Å². The largest absolute Gasteiger partial charge is 0.507 e. The average Bonchev–Trinajstić information content (AvgIpc) is 2.56. The van der Waals surface area contributed by atoms with Gasteiger partial charge in [0.15, 0.2) is 0 Å². The van der Waals surface area contributed by atoms with Crippen LogP contribution >= 0.6 is 0 Å². The fraction of sp³-hybridized carbons (Fsp3) is 0.250. The summed E-state index contributed by atoms with van der Waals surface area (Å²) in [4.78, 5) is 12.3. The summed E-state index contributed by atoms with van der Waals surface area (Å²) in [7, 11) is 0. The number of unbranched alkanes of at least 4 members (excludes halogenated alkanes) is 2. The molecule has 1 amide bonds. The summed E-state index contributed by atoms with van der Waals surface area (Å²) in [5.41, 5.74) is 2.59. The molecular weight excluding hydrogens is 286 g/mol. The van der Waals surface area contributed by atoms with E-state index in [2.05, 4.69) is 24.1 Å². The standard InChI is InChI=1S/C20H21NO2/c1-3-4-5-7-12-17-14-18(15(2)13-19(17)22)21-20(23)16-10-8-6-9-11-16/h6,8-11,13-14,22H,3-5H2,1-2H3,(H,21,23). The summed E-state index contributed by atoms with van der Waals surface area (Å²) in [5, 5.41) is 12.9. The number of nitrogens with one attached hydrogen (secondary N) is 1. The molecule has 0 saturated carbocycles. The van der Waals surface area contributed by atoms with Gasteiger partial charge in [-0.05, 0) is 43.2 Å². The van der Waals surface area contributed by atoms with Gasteiger partial charge in [0, 0.05) is 17.7 Å². The topological polar surface area (TPSA) is 49.3 Å². The minimum absolute atomic E-state index is 0.143. The number of hydrogen-bond donors (Lipinski definition) is 2. The van der Waals surface area contributed by atoms with E-state index >= 15 is 0 Å². The smallest absolute Gasteiger partial charge is 0.255 e. The number of aromatic hydroxyl groups is 1. The molecule has 0 aromatic heterocycles. The lowest BCUT2D eigenvalue weighted by Gasteiger charge is -2.10. The first-order valence-corrected chi connectivity index (χ1v) is 7.80.